The van der Waals surface area contributed by atoms with Crippen LogP contribution < -0.4 is 11.3 Å². The van der Waals surface area contributed by atoms with Crippen LogP contribution in [-0.2, 0) is 0 Å². The maximum atomic E-state index is 5.57. The Morgan fingerprint density at radius 2 is 2.13 bits per heavy atom. The van der Waals surface area contributed by atoms with E-state index in [9.17, 15) is 0 Å². The lowest BCUT2D eigenvalue weighted by Gasteiger charge is -2.19. The third-order valence-corrected chi connectivity index (χ3v) is 2.55. The monoisotopic (exact) mass is 204 g/mol. The average molecular weight is 204 g/mol. The van der Waals surface area contributed by atoms with Crippen molar-refractivity contribution < 1.29 is 0 Å². The quantitative estimate of drug-likeness (QED) is 0.449. The van der Waals surface area contributed by atoms with Crippen LogP contribution >= 0.6 is 0 Å². The summed E-state index contributed by atoms with van der Waals surface area (Å²) in [5, 5.41) is 0. The molecule has 1 unspecified atom stereocenters. The molecule has 0 saturated carbocycles. The highest BCUT2D eigenvalue weighted by atomic mass is 15.2. The van der Waals surface area contributed by atoms with Crippen molar-refractivity contribution in [2.75, 3.05) is 0 Å². The third-order valence-electron chi connectivity index (χ3n) is 2.55. The molecule has 0 radical (unpaired) electrons. The molecule has 0 saturated heterocycles. The van der Waals surface area contributed by atoms with E-state index >= 15 is 0 Å². The van der Waals surface area contributed by atoms with Crippen molar-refractivity contribution in [1.29, 1.82) is 0 Å². The van der Waals surface area contributed by atoms with Gasteiger partial charge in [-0.2, -0.15) is 0 Å². The van der Waals surface area contributed by atoms with E-state index in [0.717, 1.165) is 12.0 Å². The van der Waals surface area contributed by atoms with Crippen LogP contribution in [0.25, 0.3) is 0 Å². The van der Waals surface area contributed by atoms with Crippen LogP contribution in [0.5, 0.6) is 0 Å². The number of hydrazine groups is 1. The molecule has 2 nitrogen and oxygen atoms in total. The third kappa shape index (κ3) is 3.18. The standard InChI is InChI=1S/C13H20N2/c1-9(2)7-13(15-14)12-6-5-10(3)8-11(12)4/h5-6,8,13,15H,1,7,14H2,2-4H3. The minimum absolute atomic E-state index is 0.170. The summed E-state index contributed by atoms with van der Waals surface area (Å²) in [5.41, 5.74) is 7.80. The van der Waals surface area contributed by atoms with Gasteiger partial charge in [0.15, 0.2) is 0 Å². The second-order valence-electron chi connectivity index (χ2n) is 4.24. The molecule has 0 amide bonds. The molecule has 82 valence electrons. The fourth-order valence-corrected chi connectivity index (χ4v) is 1.82. The summed E-state index contributed by atoms with van der Waals surface area (Å²) in [7, 11) is 0. The van der Waals surface area contributed by atoms with Crippen molar-refractivity contribution in [2.45, 2.75) is 33.2 Å². The molecule has 3 N–H and O–H groups in total. The van der Waals surface area contributed by atoms with Gasteiger partial charge in [0.2, 0.25) is 0 Å². The maximum absolute atomic E-state index is 5.57. The van der Waals surface area contributed by atoms with Crippen LogP contribution in [0.3, 0.4) is 0 Å². The van der Waals surface area contributed by atoms with Crippen molar-refractivity contribution >= 4 is 0 Å². The molecule has 0 aliphatic heterocycles. The SMILES string of the molecule is C=C(C)CC(NN)c1ccc(C)cc1C. The molecule has 0 aliphatic rings. The smallest absolute Gasteiger partial charge is 0.0499 e. The number of nitrogens with one attached hydrogen (secondary N) is 1. The highest BCUT2D eigenvalue weighted by Gasteiger charge is 2.11. The molecule has 1 atom stereocenters. The molecule has 1 aromatic carbocycles. The molecule has 0 spiro atoms. The fourth-order valence-electron chi connectivity index (χ4n) is 1.82. The van der Waals surface area contributed by atoms with Gasteiger partial charge in [-0.15, -0.1) is 6.58 Å². The van der Waals surface area contributed by atoms with Gasteiger partial charge in [-0.25, -0.2) is 0 Å². The minimum atomic E-state index is 0.170. The summed E-state index contributed by atoms with van der Waals surface area (Å²) < 4.78 is 0. The van der Waals surface area contributed by atoms with Gasteiger partial charge < -0.3 is 0 Å². The Kier molecular flexibility index (Phi) is 4.06. The number of hydrogen-bond acceptors (Lipinski definition) is 2. The topological polar surface area (TPSA) is 38.0 Å². The second-order valence-corrected chi connectivity index (χ2v) is 4.24. The molecular formula is C13H20N2. The van der Waals surface area contributed by atoms with Crippen LogP contribution in [0.1, 0.15) is 36.1 Å². The van der Waals surface area contributed by atoms with Gasteiger partial charge in [-0.1, -0.05) is 29.3 Å². The van der Waals surface area contributed by atoms with Gasteiger partial charge in [0.25, 0.3) is 0 Å². The Bertz CT molecular complexity index is 356. The summed E-state index contributed by atoms with van der Waals surface area (Å²) in [6.07, 6.45) is 0.875. The Morgan fingerprint density at radius 1 is 1.47 bits per heavy atom. The Hall–Kier alpha value is -1.12. The molecule has 2 heteroatoms. The van der Waals surface area contributed by atoms with Crippen molar-refractivity contribution in [3.05, 3.63) is 47.0 Å². The molecule has 1 aromatic rings. The highest BCUT2D eigenvalue weighted by molar-refractivity contribution is 5.33. The van der Waals surface area contributed by atoms with Crippen molar-refractivity contribution in [2.24, 2.45) is 5.84 Å². The zero-order valence-corrected chi connectivity index (χ0v) is 9.80. The number of aryl methyl sites for hydroxylation is 2. The van der Waals surface area contributed by atoms with E-state index in [1.165, 1.54) is 16.7 Å². The number of hydrogen-bond donors (Lipinski definition) is 2. The van der Waals surface area contributed by atoms with Crippen LogP contribution in [0.2, 0.25) is 0 Å². The van der Waals surface area contributed by atoms with Gasteiger partial charge in [0, 0.05) is 6.04 Å². The molecule has 0 heterocycles. The van der Waals surface area contributed by atoms with Crippen LogP contribution in [0.4, 0.5) is 0 Å². The van der Waals surface area contributed by atoms with Gasteiger partial charge in [0.1, 0.15) is 0 Å². The summed E-state index contributed by atoms with van der Waals surface area (Å²) in [6, 6.07) is 6.60. The van der Waals surface area contributed by atoms with Crippen LogP contribution in [-0.4, -0.2) is 0 Å². The molecule has 0 bridgehead atoms. The minimum Gasteiger partial charge on any atom is -0.271 e. The van der Waals surface area contributed by atoms with Crippen molar-refractivity contribution in [3.8, 4) is 0 Å². The van der Waals surface area contributed by atoms with E-state index in [0.29, 0.717) is 0 Å². The Balaban J connectivity index is 2.96. The molecule has 0 fully saturated rings. The van der Waals surface area contributed by atoms with Crippen molar-refractivity contribution in [3.63, 3.8) is 0 Å². The number of rotatable bonds is 4. The summed E-state index contributed by atoms with van der Waals surface area (Å²) in [4.78, 5) is 0. The number of nitrogens with two attached hydrogens (primary N) is 1. The average Bonchev–Trinajstić information content (AvgIpc) is 2.14. The Morgan fingerprint density at radius 3 is 2.60 bits per heavy atom. The molecule has 15 heavy (non-hydrogen) atoms. The predicted octanol–water partition coefficient (Wildman–Crippen LogP) is 2.77. The molecule has 0 aliphatic carbocycles. The summed E-state index contributed by atoms with van der Waals surface area (Å²) in [5.74, 6) is 5.57. The highest BCUT2D eigenvalue weighted by Crippen LogP contribution is 2.23. The molecular weight excluding hydrogens is 184 g/mol. The van der Waals surface area contributed by atoms with E-state index in [-0.39, 0.29) is 6.04 Å². The van der Waals surface area contributed by atoms with E-state index < -0.39 is 0 Å². The van der Waals surface area contributed by atoms with E-state index in [4.69, 9.17) is 5.84 Å². The fraction of sp³-hybridized carbons (Fsp3) is 0.385. The second kappa shape index (κ2) is 5.10. The first-order valence-electron chi connectivity index (χ1n) is 5.22. The maximum Gasteiger partial charge on any atom is 0.0499 e. The van der Waals surface area contributed by atoms with Gasteiger partial charge >= 0.3 is 0 Å². The van der Waals surface area contributed by atoms with Gasteiger partial charge in [-0.3, -0.25) is 11.3 Å². The van der Waals surface area contributed by atoms with Crippen LogP contribution in [0, 0.1) is 13.8 Å². The zero-order valence-electron chi connectivity index (χ0n) is 9.80. The summed E-state index contributed by atoms with van der Waals surface area (Å²) >= 11 is 0. The zero-order chi connectivity index (χ0) is 11.4. The van der Waals surface area contributed by atoms with E-state index in [2.05, 4.69) is 44.1 Å². The predicted molar refractivity (Wildman–Crippen MR) is 65.4 cm³/mol. The van der Waals surface area contributed by atoms with Gasteiger partial charge in [0.05, 0.1) is 0 Å². The van der Waals surface area contributed by atoms with Crippen molar-refractivity contribution in [1.82, 2.24) is 5.43 Å². The lowest BCUT2D eigenvalue weighted by molar-refractivity contribution is 0.547. The first kappa shape index (κ1) is 12.0. The molecule has 0 aromatic heterocycles. The lowest BCUT2D eigenvalue weighted by Crippen LogP contribution is -2.28. The first-order valence-corrected chi connectivity index (χ1v) is 5.22. The summed E-state index contributed by atoms with van der Waals surface area (Å²) in [6.45, 7) is 10.2. The largest absolute Gasteiger partial charge is 0.271 e. The normalized spacial score (nSPS) is 12.5. The van der Waals surface area contributed by atoms with E-state index in [1.807, 2.05) is 6.92 Å². The van der Waals surface area contributed by atoms with Crippen LogP contribution in [0.15, 0.2) is 30.4 Å². The number of benzene rings is 1. The lowest BCUT2D eigenvalue weighted by atomic mass is 9.95. The molecule has 1 rings (SSSR count). The Labute approximate surface area is 92.2 Å². The van der Waals surface area contributed by atoms with Gasteiger partial charge in [-0.05, 0) is 38.3 Å². The first-order chi connectivity index (χ1) is 7.04. The van der Waals surface area contributed by atoms with E-state index in [1.54, 1.807) is 0 Å².